The van der Waals surface area contributed by atoms with Gasteiger partial charge in [-0.25, -0.2) is 0 Å². The van der Waals surface area contributed by atoms with Crippen molar-refractivity contribution in [1.29, 1.82) is 0 Å². The van der Waals surface area contributed by atoms with Crippen molar-refractivity contribution in [3.05, 3.63) is 0 Å². The molecule has 0 radical (unpaired) electrons. The highest BCUT2D eigenvalue weighted by Gasteiger charge is 2.26. The molecule has 2 saturated heterocycles. The quantitative estimate of drug-likeness (QED) is 0.662. The van der Waals surface area contributed by atoms with Crippen LogP contribution in [0.15, 0.2) is 0 Å². The molecule has 2 fully saturated rings. The molecule has 0 atom stereocenters. The molecule has 0 unspecified atom stereocenters. The predicted molar refractivity (Wildman–Crippen MR) is 58.6 cm³/mol. The molecule has 1 amide bonds. The Bertz CT molecular complexity index is 204. The Morgan fingerprint density at radius 1 is 1.00 bits per heavy atom. The molecular formula is C12H21NO2. The first-order valence-electron chi connectivity index (χ1n) is 6.24. The molecular weight excluding hydrogens is 190 g/mol. The number of nitrogens with zero attached hydrogens (tertiary/aromatic N) is 1. The molecule has 0 aromatic heterocycles. The molecule has 2 aliphatic rings. The molecule has 0 spiro atoms. The highest BCUT2D eigenvalue weighted by Crippen LogP contribution is 2.20. The average Bonchev–Trinajstić information content (AvgIpc) is 2.58. The summed E-state index contributed by atoms with van der Waals surface area (Å²) >= 11 is 0. The molecule has 0 aromatic carbocycles. The molecule has 3 nitrogen and oxygen atoms in total. The third kappa shape index (κ3) is 2.94. The zero-order valence-electron chi connectivity index (χ0n) is 9.41. The van der Waals surface area contributed by atoms with Crippen LogP contribution in [0.1, 0.15) is 38.5 Å². The Hall–Kier alpha value is -0.570. The minimum Gasteiger partial charge on any atom is -0.381 e. The minimum atomic E-state index is 0.247. The number of likely N-dealkylation sites (tertiary alicyclic amines) is 1. The van der Waals surface area contributed by atoms with E-state index in [0.717, 1.165) is 39.1 Å². The van der Waals surface area contributed by atoms with E-state index < -0.39 is 0 Å². The summed E-state index contributed by atoms with van der Waals surface area (Å²) < 4.78 is 5.29. The lowest BCUT2D eigenvalue weighted by Gasteiger charge is -2.28. The lowest BCUT2D eigenvalue weighted by Crippen LogP contribution is -2.39. The van der Waals surface area contributed by atoms with Crippen molar-refractivity contribution < 1.29 is 9.53 Å². The summed E-state index contributed by atoms with van der Waals surface area (Å²) in [6, 6.07) is 0. The van der Waals surface area contributed by atoms with Gasteiger partial charge in [0.25, 0.3) is 0 Å². The Morgan fingerprint density at radius 3 is 2.20 bits per heavy atom. The molecule has 0 saturated carbocycles. The van der Waals surface area contributed by atoms with Crippen LogP contribution in [0.4, 0.5) is 0 Å². The number of carbonyl (C=O) groups excluding carboxylic acids is 1. The van der Waals surface area contributed by atoms with E-state index in [2.05, 4.69) is 4.90 Å². The van der Waals surface area contributed by atoms with E-state index in [9.17, 15) is 4.79 Å². The highest BCUT2D eigenvalue weighted by molar-refractivity contribution is 5.78. The van der Waals surface area contributed by atoms with Crippen molar-refractivity contribution in [2.75, 3.05) is 26.3 Å². The van der Waals surface area contributed by atoms with Gasteiger partial charge in [0.1, 0.15) is 0 Å². The molecule has 0 aliphatic carbocycles. The van der Waals surface area contributed by atoms with Gasteiger partial charge < -0.3 is 9.64 Å². The fourth-order valence-electron chi connectivity index (χ4n) is 2.49. The van der Waals surface area contributed by atoms with Crippen LogP contribution >= 0.6 is 0 Å². The van der Waals surface area contributed by atoms with Gasteiger partial charge in [-0.05, 0) is 25.7 Å². The second-order valence-corrected chi connectivity index (χ2v) is 4.63. The van der Waals surface area contributed by atoms with Crippen molar-refractivity contribution in [3.8, 4) is 0 Å². The molecule has 2 rings (SSSR count). The van der Waals surface area contributed by atoms with Crippen LogP contribution in [-0.4, -0.2) is 37.1 Å². The Balaban J connectivity index is 1.87. The van der Waals surface area contributed by atoms with E-state index in [1.54, 1.807) is 0 Å². The Morgan fingerprint density at radius 2 is 1.60 bits per heavy atom. The van der Waals surface area contributed by atoms with Crippen molar-refractivity contribution in [3.63, 3.8) is 0 Å². The second-order valence-electron chi connectivity index (χ2n) is 4.63. The molecule has 86 valence electrons. The van der Waals surface area contributed by atoms with Gasteiger partial charge in [0, 0.05) is 32.2 Å². The van der Waals surface area contributed by atoms with E-state index in [1.807, 2.05) is 0 Å². The minimum absolute atomic E-state index is 0.247. The van der Waals surface area contributed by atoms with Crippen LogP contribution in [0.3, 0.4) is 0 Å². The largest absolute Gasteiger partial charge is 0.381 e. The number of ether oxygens (including phenoxy) is 1. The maximum Gasteiger partial charge on any atom is 0.225 e. The maximum absolute atomic E-state index is 12.2. The van der Waals surface area contributed by atoms with Crippen molar-refractivity contribution in [2.45, 2.75) is 38.5 Å². The van der Waals surface area contributed by atoms with Crippen LogP contribution in [0.5, 0.6) is 0 Å². The van der Waals surface area contributed by atoms with E-state index in [4.69, 9.17) is 4.74 Å². The van der Waals surface area contributed by atoms with Crippen molar-refractivity contribution >= 4 is 5.91 Å². The van der Waals surface area contributed by atoms with Crippen LogP contribution < -0.4 is 0 Å². The van der Waals surface area contributed by atoms with E-state index >= 15 is 0 Å². The number of hydrogen-bond acceptors (Lipinski definition) is 2. The molecule has 2 aliphatic heterocycles. The first kappa shape index (κ1) is 10.9. The van der Waals surface area contributed by atoms with E-state index in [1.165, 1.54) is 25.7 Å². The molecule has 3 heteroatoms. The van der Waals surface area contributed by atoms with Crippen LogP contribution in [0.2, 0.25) is 0 Å². The van der Waals surface area contributed by atoms with Gasteiger partial charge in [-0.1, -0.05) is 12.8 Å². The third-order valence-corrected chi connectivity index (χ3v) is 3.49. The fourth-order valence-corrected chi connectivity index (χ4v) is 2.49. The average molecular weight is 211 g/mol. The van der Waals surface area contributed by atoms with E-state index in [-0.39, 0.29) is 5.92 Å². The van der Waals surface area contributed by atoms with Crippen molar-refractivity contribution in [2.24, 2.45) is 5.92 Å². The second kappa shape index (κ2) is 5.50. The van der Waals surface area contributed by atoms with Gasteiger partial charge in [-0.2, -0.15) is 0 Å². The molecule has 0 bridgehead atoms. The van der Waals surface area contributed by atoms with E-state index in [0.29, 0.717) is 5.91 Å². The van der Waals surface area contributed by atoms with Gasteiger partial charge in [0.05, 0.1) is 0 Å². The monoisotopic (exact) mass is 211 g/mol. The maximum atomic E-state index is 12.2. The molecule has 15 heavy (non-hydrogen) atoms. The normalized spacial score (nSPS) is 24.9. The van der Waals surface area contributed by atoms with Crippen LogP contribution in [0, 0.1) is 5.92 Å². The smallest absolute Gasteiger partial charge is 0.225 e. The fraction of sp³-hybridized carbons (Fsp3) is 0.917. The molecule has 0 N–H and O–H groups in total. The number of carbonyl (C=O) groups is 1. The summed E-state index contributed by atoms with van der Waals surface area (Å²) in [7, 11) is 0. The van der Waals surface area contributed by atoms with Crippen LogP contribution in [0.25, 0.3) is 0 Å². The summed E-state index contributed by atoms with van der Waals surface area (Å²) in [4.78, 5) is 14.3. The Kier molecular flexibility index (Phi) is 4.01. The lowest BCUT2D eigenvalue weighted by molar-refractivity contribution is -0.138. The van der Waals surface area contributed by atoms with Crippen LogP contribution in [-0.2, 0) is 9.53 Å². The predicted octanol–water partition coefficient (Wildman–Crippen LogP) is 1.82. The summed E-state index contributed by atoms with van der Waals surface area (Å²) in [5.41, 5.74) is 0. The first-order valence-corrected chi connectivity index (χ1v) is 6.24. The van der Waals surface area contributed by atoms with Gasteiger partial charge >= 0.3 is 0 Å². The molecule has 0 aromatic rings. The summed E-state index contributed by atoms with van der Waals surface area (Å²) in [5, 5.41) is 0. The Labute approximate surface area is 91.8 Å². The van der Waals surface area contributed by atoms with Gasteiger partial charge in [0.2, 0.25) is 5.91 Å². The van der Waals surface area contributed by atoms with Gasteiger partial charge in [-0.15, -0.1) is 0 Å². The molecule has 2 heterocycles. The van der Waals surface area contributed by atoms with Gasteiger partial charge in [-0.3, -0.25) is 4.79 Å². The summed E-state index contributed by atoms with van der Waals surface area (Å²) in [5.74, 6) is 0.636. The zero-order valence-corrected chi connectivity index (χ0v) is 9.41. The third-order valence-electron chi connectivity index (χ3n) is 3.49. The summed E-state index contributed by atoms with van der Waals surface area (Å²) in [6.45, 7) is 3.50. The summed E-state index contributed by atoms with van der Waals surface area (Å²) in [6.07, 6.45) is 6.81. The van der Waals surface area contributed by atoms with Gasteiger partial charge in [0.15, 0.2) is 0 Å². The lowest BCUT2D eigenvalue weighted by atomic mass is 9.98. The topological polar surface area (TPSA) is 29.5 Å². The standard InChI is InChI=1S/C12H21NO2/c14-12(11-5-9-15-10-6-11)13-7-3-1-2-4-8-13/h11H,1-10H2. The zero-order chi connectivity index (χ0) is 10.5. The first-order chi connectivity index (χ1) is 7.38. The number of rotatable bonds is 1. The number of hydrogen-bond donors (Lipinski definition) is 0. The van der Waals surface area contributed by atoms with Crippen molar-refractivity contribution in [1.82, 2.24) is 4.90 Å². The highest BCUT2D eigenvalue weighted by atomic mass is 16.5. The number of amides is 1. The SMILES string of the molecule is O=C(C1CCOCC1)N1CCCCCC1.